The van der Waals surface area contributed by atoms with Gasteiger partial charge in [-0.05, 0) is 38.1 Å². The molecule has 2 aromatic carbocycles. The molecular weight excluding hydrogens is 383 g/mol. The Kier molecular flexibility index (Phi) is 7.51. The maximum Gasteiger partial charge on any atom is 0.126 e. The second-order valence-electron chi connectivity index (χ2n) is 6.14. The monoisotopic (exact) mass is 406 g/mol. The lowest BCUT2D eigenvalue weighted by molar-refractivity contribution is 0.474. The summed E-state index contributed by atoms with van der Waals surface area (Å²) in [5.74, 6) is 0.174. The highest BCUT2D eigenvalue weighted by molar-refractivity contribution is 6.39. The molecule has 0 radical (unpaired) electrons. The molecule has 0 fully saturated rings. The molecule has 5 nitrogen and oxygen atoms in total. The number of rotatable bonds is 7. The maximum atomic E-state index is 10.3. The highest BCUT2D eigenvalue weighted by Crippen LogP contribution is 2.37. The molecule has 0 aliphatic carbocycles. The highest BCUT2D eigenvalue weighted by atomic mass is 35.5. The third kappa shape index (κ3) is 5.62. The van der Waals surface area contributed by atoms with Gasteiger partial charge in [0, 0.05) is 50.7 Å². The van der Waals surface area contributed by atoms with E-state index in [4.69, 9.17) is 23.2 Å². The van der Waals surface area contributed by atoms with Gasteiger partial charge in [0.1, 0.15) is 11.4 Å². The van der Waals surface area contributed by atoms with E-state index in [1.54, 1.807) is 35.7 Å². The first-order valence-electron chi connectivity index (χ1n) is 8.67. The fraction of sp³-hybridized carbons (Fsp3) is 0.300. The van der Waals surface area contributed by atoms with E-state index >= 15 is 0 Å². The summed E-state index contributed by atoms with van der Waals surface area (Å²) >= 11 is 12.5. The summed E-state index contributed by atoms with van der Waals surface area (Å²) in [6.45, 7) is 5.91. The smallest absolute Gasteiger partial charge is 0.126 e. The number of halogens is 2. The van der Waals surface area contributed by atoms with E-state index in [1.165, 1.54) is 0 Å². The molecule has 0 saturated carbocycles. The zero-order chi connectivity index (χ0) is 20.0. The highest BCUT2D eigenvalue weighted by Gasteiger charge is 2.08. The Morgan fingerprint density at radius 3 is 2.15 bits per heavy atom. The predicted octanol–water partition coefficient (Wildman–Crippen LogP) is 5.52. The lowest BCUT2D eigenvalue weighted by atomic mass is 10.2. The van der Waals surface area contributed by atoms with Crippen LogP contribution in [-0.4, -0.2) is 49.7 Å². The summed E-state index contributed by atoms with van der Waals surface area (Å²) in [4.78, 5) is 12.6. The minimum Gasteiger partial charge on any atom is -0.507 e. The SMILES string of the molecule is CCN(CC)c1ccc(/C=N/c2cc(Cl)c(/N=C\N(C)C)c(Cl)c2)c(O)c1. The summed E-state index contributed by atoms with van der Waals surface area (Å²) in [5, 5.41) is 11.1. The first-order valence-corrected chi connectivity index (χ1v) is 9.43. The van der Waals surface area contributed by atoms with E-state index in [9.17, 15) is 5.11 Å². The topological polar surface area (TPSA) is 51.4 Å². The molecule has 0 bridgehead atoms. The van der Waals surface area contributed by atoms with E-state index in [1.807, 2.05) is 26.2 Å². The fourth-order valence-corrected chi connectivity index (χ4v) is 3.07. The molecule has 144 valence electrons. The lowest BCUT2D eigenvalue weighted by Crippen LogP contribution is -2.21. The van der Waals surface area contributed by atoms with Crippen LogP contribution in [0.25, 0.3) is 0 Å². The number of nitrogens with zero attached hydrogens (tertiary/aromatic N) is 4. The Labute approximate surface area is 170 Å². The minimum atomic E-state index is 0.174. The van der Waals surface area contributed by atoms with Crippen molar-refractivity contribution in [3.8, 4) is 5.75 Å². The number of aromatic hydroxyl groups is 1. The third-order valence-electron chi connectivity index (χ3n) is 3.91. The van der Waals surface area contributed by atoms with Gasteiger partial charge in [0.15, 0.2) is 0 Å². The average Bonchev–Trinajstić information content (AvgIpc) is 2.61. The molecule has 27 heavy (non-hydrogen) atoms. The minimum absolute atomic E-state index is 0.174. The summed E-state index contributed by atoms with van der Waals surface area (Å²) in [6, 6.07) is 8.92. The largest absolute Gasteiger partial charge is 0.507 e. The van der Waals surface area contributed by atoms with Crippen molar-refractivity contribution < 1.29 is 5.11 Å². The number of phenols is 1. The van der Waals surface area contributed by atoms with Crippen molar-refractivity contribution in [2.24, 2.45) is 9.98 Å². The number of anilines is 1. The Balaban J connectivity index is 2.25. The van der Waals surface area contributed by atoms with Crippen LogP contribution in [0.3, 0.4) is 0 Å². The summed E-state index contributed by atoms with van der Waals surface area (Å²) in [7, 11) is 3.73. The van der Waals surface area contributed by atoms with Gasteiger partial charge in [0.25, 0.3) is 0 Å². The fourth-order valence-electron chi connectivity index (χ4n) is 2.49. The van der Waals surface area contributed by atoms with E-state index in [0.29, 0.717) is 27.0 Å². The summed E-state index contributed by atoms with van der Waals surface area (Å²) in [5.41, 5.74) is 2.68. The molecule has 0 unspecified atom stereocenters. The van der Waals surface area contributed by atoms with Gasteiger partial charge >= 0.3 is 0 Å². The van der Waals surface area contributed by atoms with Gasteiger partial charge in [-0.15, -0.1) is 0 Å². The van der Waals surface area contributed by atoms with Gasteiger partial charge in [-0.1, -0.05) is 23.2 Å². The van der Waals surface area contributed by atoms with Crippen molar-refractivity contribution in [2.75, 3.05) is 32.1 Å². The molecule has 0 heterocycles. The first-order chi connectivity index (χ1) is 12.8. The third-order valence-corrected chi connectivity index (χ3v) is 4.49. The van der Waals surface area contributed by atoms with Gasteiger partial charge in [0.2, 0.25) is 0 Å². The average molecular weight is 407 g/mol. The molecule has 0 saturated heterocycles. The Hall–Kier alpha value is -2.24. The molecule has 7 heteroatoms. The van der Waals surface area contributed by atoms with Crippen molar-refractivity contribution in [2.45, 2.75) is 13.8 Å². The van der Waals surface area contributed by atoms with Crippen molar-refractivity contribution in [3.05, 3.63) is 45.9 Å². The van der Waals surface area contributed by atoms with Gasteiger partial charge in [-0.25, -0.2) is 4.99 Å². The summed E-state index contributed by atoms with van der Waals surface area (Å²) in [6.07, 6.45) is 3.22. The van der Waals surface area contributed by atoms with Crippen LogP contribution in [0.2, 0.25) is 10.0 Å². The number of hydrogen-bond acceptors (Lipinski definition) is 4. The molecule has 0 spiro atoms. The van der Waals surface area contributed by atoms with Crippen LogP contribution in [0, 0.1) is 0 Å². The Morgan fingerprint density at radius 1 is 1.00 bits per heavy atom. The second kappa shape index (κ2) is 9.62. The zero-order valence-corrected chi connectivity index (χ0v) is 17.5. The first kappa shape index (κ1) is 21.1. The van der Waals surface area contributed by atoms with Crippen molar-refractivity contribution in [1.29, 1.82) is 0 Å². The normalized spacial score (nSPS) is 11.5. The second-order valence-corrected chi connectivity index (χ2v) is 6.95. The van der Waals surface area contributed by atoms with Crippen LogP contribution in [0.4, 0.5) is 17.1 Å². The maximum absolute atomic E-state index is 10.3. The van der Waals surface area contributed by atoms with Crippen molar-refractivity contribution in [3.63, 3.8) is 0 Å². The molecule has 0 atom stereocenters. The predicted molar refractivity (Wildman–Crippen MR) is 117 cm³/mol. The molecule has 0 aliphatic rings. The van der Waals surface area contributed by atoms with Gasteiger partial charge in [-0.2, -0.15) is 0 Å². The molecule has 0 amide bonds. The van der Waals surface area contributed by atoms with Crippen LogP contribution in [0.15, 0.2) is 40.3 Å². The molecule has 2 rings (SSSR count). The van der Waals surface area contributed by atoms with Crippen molar-refractivity contribution in [1.82, 2.24) is 4.90 Å². The van der Waals surface area contributed by atoms with Crippen LogP contribution >= 0.6 is 23.2 Å². The van der Waals surface area contributed by atoms with Crippen LogP contribution in [0.1, 0.15) is 19.4 Å². The molecule has 0 aromatic heterocycles. The van der Waals surface area contributed by atoms with E-state index in [2.05, 4.69) is 28.7 Å². The van der Waals surface area contributed by atoms with Gasteiger partial charge in [0.05, 0.1) is 22.1 Å². The van der Waals surface area contributed by atoms with E-state index in [-0.39, 0.29) is 5.75 Å². The molecule has 0 aliphatic heterocycles. The van der Waals surface area contributed by atoms with Crippen LogP contribution < -0.4 is 4.90 Å². The Bertz CT molecular complexity index is 823. The number of aliphatic imine (C=N–C) groups is 2. The molecule has 1 N–H and O–H groups in total. The molecule has 2 aromatic rings. The van der Waals surface area contributed by atoms with Crippen LogP contribution in [-0.2, 0) is 0 Å². The van der Waals surface area contributed by atoms with Gasteiger partial charge in [-0.3, -0.25) is 4.99 Å². The van der Waals surface area contributed by atoms with Crippen molar-refractivity contribution >= 4 is 52.8 Å². The van der Waals surface area contributed by atoms with E-state index < -0.39 is 0 Å². The lowest BCUT2D eigenvalue weighted by Gasteiger charge is -2.21. The number of phenolic OH excluding ortho intramolecular Hbond substituents is 1. The van der Waals surface area contributed by atoms with Gasteiger partial charge < -0.3 is 14.9 Å². The van der Waals surface area contributed by atoms with Crippen LogP contribution in [0.5, 0.6) is 5.75 Å². The standard InChI is InChI=1S/C20H24Cl2N4O/c1-5-26(6-2)16-8-7-14(19(27)11-16)12-23-15-9-17(21)20(18(22)10-15)24-13-25(3)4/h7-13,27H,5-6H2,1-4H3/b23-12+,24-13-. The number of benzene rings is 2. The molecular formula is C20H24Cl2N4O. The number of hydrogen-bond donors (Lipinski definition) is 1. The quantitative estimate of drug-likeness (QED) is 0.486. The zero-order valence-electron chi connectivity index (χ0n) is 15.9. The van der Waals surface area contributed by atoms with E-state index in [0.717, 1.165) is 18.8 Å². The summed E-state index contributed by atoms with van der Waals surface area (Å²) < 4.78 is 0. The Morgan fingerprint density at radius 2 is 1.63 bits per heavy atom.